The fraction of sp³-hybridized carbons (Fsp3) is 0.562. The predicted molar refractivity (Wildman–Crippen MR) is 74.4 cm³/mol. The van der Waals surface area contributed by atoms with Crippen LogP contribution in [-0.2, 0) is 6.42 Å². The fourth-order valence-electron chi connectivity index (χ4n) is 1.84. The zero-order valence-corrected chi connectivity index (χ0v) is 11.1. The van der Waals surface area contributed by atoms with Crippen LogP contribution in [-0.4, -0.2) is 6.61 Å². The SMILES string of the molecule is [CH2]CCCCc1cccc(OCCCCC)c1. The molecule has 0 fully saturated rings. The van der Waals surface area contributed by atoms with Gasteiger partial charge >= 0.3 is 0 Å². The van der Waals surface area contributed by atoms with Crippen LogP contribution in [0.2, 0.25) is 0 Å². The molecule has 0 unspecified atom stereocenters. The van der Waals surface area contributed by atoms with E-state index >= 15 is 0 Å². The topological polar surface area (TPSA) is 9.23 Å². The summed E-state index contributed by atoms with van der Waals surface area (Å²) in [6.45, 7) is 6.92. The highest BCUT2D eigenvalue weighted by Gasteiger charge is 1.97. The van der Waals surface area contributed by atoms with E-state index < -0.39 is 0 Å². The van der Waals surface area contributed by atoms with Crippen LogP contribution in [0, 0.1) is 6.92 Å². The second kappa shape index (κ2) is 9.09. The number of benzene rings is 1. The van der Waals surface area contributed by atoms with E-state index in [4.69, 9.17) is 4.74 Å². The Bertz CT molecular complexity index is 293. The third kappa shape index (κ3) is 6.35. The predicted octanol–water partition coefficient (Wildman–Crippen LogP) is 4.80. The Balaban J connectivity index is 2.31. The molecule has 0 bridgehead atoms. The number of unbranched alkanes of at least 4 members (excludes halogenated alkanes) is 4. The molecule has 0 saturated heterocycles. The second-order valence-corrected chi connectivity index (χ2v) is 4.51. The third-order valence-electron chi connectivity index (χ3n) is 2.88. The maximum Gasteiger partial charge on any atom is 0.119 e. The molecule has 0 heterocycles. The first-order chi connectivity index (χ1) is 8.36. The molecule has 0 N–H and O–H groups in total. The summed E-state index contributed by atoms with van der Waals surface area (Å²) in [5, 5.41) is 0. The summed E-state index contributed by atoms with van der Waals surface area (Å²) in [5.41, 5.74) is 1.38. The maximum absolute atomic E-state index is 5.74. The van der Waals surface area contributed by atoms with E-state index in [1.54, 1.807) is 0 Å². The van der Waals surface area contributed by atoms with Crippen molar-refractivity contribution in [3.8, 4) is 5.75 Å². The lowest BCUT2D eigenvalue weighted by atomic mass is 10.1. The molecule has 0 spiro atoms. The number of hydrogen-bond acceptors (Lipinski definition) is 1. The van der Waals surface area contributed by atoms with Gasteiger partial charge in [0.25, 0.3) is 0 Å². The molecule has 1 radical (unpaired) electrons. The summed E-state index contributed by atoms with van der Waals surface area (Å²) < 4.78 is 5.74. The highest BCUT2D eigenvalue weighted by molar-refractivity contribution is 5.28. The molecular formula is C16H25O. The van der Waals surface area contributed by atoms with E-state index in [1.807, 2.05) is 0 Å². The van der Waals surface area contributed by atoms with Crippen molar-refractivity contribution in [2.45, 2.75) is 51.9 Å². The van der Waals surface area contributed by atoms with E-state index in [1.165, 1.54) is 31.2 Å². The molecule has 95 valence electrons. The smallest absolute Gasteiger partial charge is 0.119 e. The minimum atomic E-state index is 0.843. The Kier molecular flexibility index (Phi) is 7.53. The van der Waals surface area contributed by atoms with E-state index in [0.29, 0.717) is 0 Å². The standard InChI is InChI=1S/C16H25O/c1-3-5-7-10-15-11-9-12-16(14-15)17-13-8-6-4-2/h9,11-12,14H,1,3-8,10,13H2,2H3. The van der Waals surface area contributed by atoms with Gasteiger partial charge in [0.05, 0.1) is 6.61 Å². The van der Waals surface area contributed by atoms with Gasteiger partial charge < -0.3 is 4.74 Å². The van der Waals surface area contributed by atoms with Gasteiger partial charge in [-0.2, -0.15) is 0 Å². The first kappa shape index (κ1) is 14.1. The summed E-state index contributed by atoms with van der Waals surface area (Å²) in [6.07, 6.45) is 8.26. The van der Waals surface area contributed by atoms with E-state index in [9.17, 15) is 0 Å². The number of aryl methyl sites for hydroxylation is 1. The van der Waals surface area contributed by atoms with E-state index in [2.05, 4.69) is 38.1 Å². The van der Waals surface area contributed by atoms with Gasteiger partial charge in [0.2, 0.25) is 0 Å². The molecule has 0 aliphatic heterocycles. The Morgan fingerprint density at radius 1 is 1.12 bits per heavy atom. The minimum Gasteiger partial charge on any atom is -0.494 e. The fourth-order valence-corrected chi connectivity index (χ4v) is 1.84. The van der Waals surface area contributed by atoms with Crippen LogP contribution >= 0.6 is 0 Å². The molecule has 0 aliphatic carbocycles. The molecule has 0 aromatic heterocycles. The van der Waals surface area contributed by atoms with Crippen LogP contribution < -0.4 is 4.74 Å². The van der Waals surface area contributed by atoms with Crippen molar-refractivity contribution in [1.29, 1.82) is 0 Å². The first-order valence-corrected chi connectivity index (χ1v) is 6.87. The molecule has 0 saturated carbocycles. The Labute approximate surface area is 106 Å². The zero-order valence-electron chi connectivity index (χ0n) is 11.1. The highest BCUT2D eigenvalue weighted by atomic mass is 16.5. The van der Waals surface area contributed by atoms with E-state index in [-0.39, 0.29) is 0 Å². The van der Waals surface area contributed by atoms with Gasteiger partial charge in [-0.3, -0.25) is 0 Å². The first-order valence-electron chi connectivity index (χ1n) is 6.87. The maximum atomic E-state index is 5.74. The van der Waals surface area contributed by atoms with Gasteiger partial charge in [-0.05, 0) is 37.0 Å². The minimum absolute atomic E-state index is 0.843. The van der Waals surface area contributed by atoms with Crippen molar-refractivity contribution in [2.75, 3.05) is 6.61 Å². The van der Waals surface area contributed by atoms with Gasteiger partial charge in [0.1, 0.15) is 5.75 Å². The number of rotatable bonds is 9. The van der Waals surface area contributed by atoms with Gasteiger partial charge in [-0.25, -0.2) is 0 Å². The lowest BCUT2D eigenvalue weighted by Gasteiger charge is -2.07. The second-order valence-electron chi connectivity index (χ2n) is 4.51. The summed E-state index contributed by atoms with van der Waals surface area (Å²) in [7, 11) is 0. The molecule has 1 nitrogen and oxygen atoms in total. The molecule has 17 heavy (non-hydrogen) atoms. The van der Waals surface area contributed by atoms with E-state index in [0.717, 1.165) is 31.6 Å². The summed E-state index contributed by atoms with van der Waals surface area (Å²) in [4.78, 5) is 0. The summed E-state index contributed by atoms with van der Waals surface area (Å²) >= 11 is 0. The average Bonchev–Trinajstić information content (AvgIpc) is 2.36. The van der Waals surface area contributed by atoms with Crippen molar-refractivity contribution in [1.82, 2.24) is 0 Å². The normalized spacial score (nSPS) is 10.5. The Morgan fingerprint density at radius 2 is 2.00 bits per heavy atom. The van der Waals surface area contributed by atoms with Gasteiger partial charge in [-0.15, -0.1) is 0 Å². The molecule has 1 aromatic rings. The highest BCUT2D eigenvalue weighted by Crippen LogP contribution is 2.16. The van der Waals surface area contributed by atoms with Crippen LogP contribution in [0.25, 0.3) is 0 Å². The van der Waals surface area contributed by atoms with Gasteiger partial charge in [0, 0.05) is 0 Å². The van der Waals surface area contributed by atoms with Crippen LogP contribution in [0.3, 0.4) is 0 Å². The molecular weight excluding hydrogens is 208 g/mol. The number of hydrogen-bond donors (Lipinski definition) is 0. The molecule has 0 amide bonds. The van der Waals surface area contributed by atoms with Crippen LogP contribution in [0.5, 0.6) is 5.75 Å². The summed E-state index contributed by atoms with van der Waals surface area (Å²) in [5.74, 6) is 1.02. The Morgan fingerprint density at radius 3 is 2.76 bits per heavy atom. The molecule has 1 rings (SSSR count). The van der Waals surface area contributed by atoms with Crippen LogP contribution in [0.15, 0.2) is 24.3 Å². The third-order valence-corrected chi connectivity index (χ3v) is 2.88. The lowest BCUT2D eigenvalue weighted by Crippen LogP contribution is -1.97. The lowest BCUT2D eigenvalue weighted by molar-refractivity contribution is 0.306. The van der Waals surface area contributed by atoms with Crippen LogP contribution in [0.1, 0.15) is 51.0 Å². The zero-order chi connectivity index (χ0) is 12.3. The Hall–Kier alpha value is -0.980. The van der Waals surface area contributed by atoms with Crippen molar-refractivity contribution in [3.63, 3.8) is 0 Å². The largest absolute Gasteiger partial charge is 0.494 e. The monoisotopic (exact) mass is 233 g/mol. The van der Waals surface area contributed by atoms with Crippen LogP contribution in [0.4, 0.5) is 0 Å². The summed E-state index contributed by atoms with van der Waals surface area (Å²) in [6, 6.07) is 8.50. The molecule has 0 aliphatic rings. The van der Waals surface area contributed by atoms with Crippen molar-refractivity contribution >= 4 is 0 Å². The van der Waals surface area contributed by atoms with Crippen molar-refractivity contribution in [3.05, 3.63) is 36.8 Å². The van der Waals surface area contributed by atoms with Crippen molar-refractivity contribution in [2.24, 2.45) is 0 Å². The molecule has 1 aromatic carbocycles. The van der Waals surface area contributed by atoms with Crippen molar-refractivity contribution < 1.29 is 4.74 Å². The van der Waals surface area contributed by atoms with Gasteiger partial charge in [-0.1, -0.05) is 51.7 Å². The molecule has 1 heteroatoms. The van der Waals surface area contributed by atoms with Gasteiger partial charge in [0.15, 0.2) is 0 Å². The number of ether oxygens (including phenoxy) is 1. The quantitative estimate of drug-likeness (QED) is 0.556. The average molecular weight is 233 g/mol. The molecule has 0 atom stereocenters.